The standard InChI is InChI=1S/C10H12BrFO/c1-2-3-4-7-8(12)5-6-9(13)10(7)11/h5-6,13H,2-4H2,1H3. The van der Waals surface area contributed by atoms with Crippen LogP contribution in [0.1, 0.15) is 25.3 Å². The van der Waals surface area contributed by atoms with Gasteiger partial charge in [-0.3, -0.25) is 0 Å². The first-order valence-corrected chi connectivity index (χ1v) is 5.12. The summed E-state index contributed by atoms with van der Waals surface area (Å²) in [6.07, 6.45) is 2.61. The van der Waals surface area contributed by atoms with Gasteiger partial charge in [0.1, 0.15) is 11.6 Å². The van der Waals surface area contributed by atoms with Gasteiger partial charge in [0.2, 0.25) is 0 Å². The molecule has 1 nitrogen and oxygen atoms in total. The molecule has 0 spiro atoms. The lowest BCUT2D eigenvalue weighted by molar-refractivity contribution is 0.467. The zero-order valence-electron chi connectivity index (χ0n) is 7.48. The lowest BCUT2D eigenvalue weighted by atomic mass is 10.1. The molecule has 0 amide bonds. The summed E-state index contributed by atoms with van der Waals surface area (Å²) >= 11 is 3.17. The van der Waals surface area contributed by atoms with Gasteiger partial charge in [0, 0.05) is 5.56 Å². The number of rotatable bonds is 3. The van der Waals surface area contributed by atoms with Crippen LogP contribution in [0, 0.1) is 5.82 Å². The fourth-order valence-electron chi connectivity index (χ4n) is 1.17. The van der Waals surface area contributed by atoms with Crippen LogP contribution in [0.25, 0.3) is 0 Å². The maximum Gasteiger partial charge on any atom is 0.130 e. The van der Waals surface area contributed by atoms with Crippen LogP contribution in [0.5, 0.6) is 5.75 Å². The first kappa shape index (κ1) is 10.5. The number of phenolic OH excluding ortho intramolecular Hbond substituents is 1. The minimum atomic E-state index is -0.252. The molecule has 1 aromatic rings. The van der Waals surface area contributed by atoms with Crippen LogP contribution in [0.15, 0.2) is 16.6 Å². The lowest BCUT2D eigenvalue weighted by Crippen LogP contribution is -1.92. The summed E-state index contributed by atoms with van der Waals surface area (Å²) in [4.78, 5) is 0. The molecule has 1 N–H and O–H groups in total. The van der Waals surface area contributed by atoms with E-state index in [2.05, 4.69) is 22.9 Å². The molecule has 0 heterocycles. The minimum Gasteiger partial charge on any atom is -0.507 e. The molecule has 0 aliphatic heterocycles. The quantitative estimate of drug-likeness (QED) is 0.864. The minimum absolute atomic E-state index is 0.104. The van der Waals surface area contributed by atoms with Gasteiger partial charge in [-0.1, -0.05) is 13.3 Å². The summed E-state index contributed by atoms with van der Waals surface area (Å²) < 4.78 is 13.7. The van der Waals surface area contributed by atoms with Gasteiger partial charge in [-0.15, -0.1) is 0 Å². The highest BCUT2D eigenvalue weighted by Gasteiger charge is 2.09. The highest BCUT2D eigenvalue weighted by molar-refractivity contribution is 9.10. The van der Waals surface area contributed by atoms with Gasteiger partial charge in [-0.05, 0) is 40.9 Å². The summed E-state index contributed by atoms with van der Waals surface area (Å²) in [5, 5.41) is 9.31. The Kier molecular flexibility index (Phi) is 3.72. The number of hydrogen-bond donors (Lipinski definition) is 1. The predicted octanol–water partition coefficient (Wildman–Crippen LogP) is 3.64. The molecule has 0 bridgehead atoms. The van der Waals surface area contributed by atoms with Crippen molar-refractivity contribution in [3.63, 3.8) is 0 Å². The van der Waals surface area contributed by atoms with Gasteiger partial charge in [0.25, 0.3) is 0 Å². The summed E-state index contributed by atoms with van der Waals surface area (Å²) in [6.45, 7) is 2.05. The SMILES string of the molecule is CCCCc1c(F)ccc(O)c1Br. The van der Waals surface area contributed by atoms with Gasteiger partial charge < -0.3 is 5.11 Å². The molecule has 1 aromatic carbocycles. The molecular formula is C10H12BrFO. The second-order valence-corrected chi connectivity index (χ2v) is 3.76. The summed E-state index contributed by atoms with van der Waals surface area (Å²) in [5.41, 5.74) is 0.571. The van der Waals surface area contributed by atoms with Crippen LogP contribution in [0.4, 0.5) is 4.39 Å². The smallest absolute Gasteiger partial charge is 0.130 e. The van der Waals surface area contributed by atoms with Gasteiger partial charge in [-0.2, -0.15) is 0 Å². The Hall–Kier alpha value is -0.570. The van der Waals surface area contributed by atoms with Crippen molar-refractivity contribution < 1.29 is 9.50 Å². The molecule has 0 aliphatic carbocycles. The third kappa shape index (κ3) is 2.44. The van der Waals surface area contributed by atoms with E-state index >= 15 is 0 Å². The molecule has 0 radical (unpaired) electrons. The second-order valence-electron chi connectivity index (χ2n) is 2.96. The Morgan fingerprint density at radius 1 is 1.46 bits per heavy atom. The fourth-order valence-corrected chi connectivity index (χ4v) is 1.69. The highest BCUT2D eigenvalue weighted by atomic mass is 79.9. The van der Waals surface area contributed by atoms with Crippen molar-refractivity contribution in [1.29, 1.82) is 0 Å². The third-order valence-corrected chi connectivity index (χ3v) is 2.83. The average molecular weight is 247 g/mol. The monoisotopic (exact) mass is 246 g/mol. The number of hydrogen-bond acceptors (Lipinski definition) is 1. The van der Waals surface area contributed by atoms with E-state index < -0.39 is 0 Å². The van der Waals surface area contributed by atoms with E-state index in [0.29, 0.717) is 16.5 Å². The topological polar surface area (TPSA) is 20.2 Å². The van der Waals surface area contributed by atoms with Crippen molar-refractivity contribution in [2.24, 2.45) is 0 Å². The fraction of sp³-hybridized carbons (Fsp3) is 0.400. The molecule has 0 fully saturated rings. The Labute approximate surface area is 85.7 Å². The van der Waals surface area contributed by atoms with E-state index in [0.717, 1.165) is 12.8 Å². The summed E-state index contributed by atoms with van der Waals surface area (Å²) in [7, 11) is 0. The zero-order valence-corrected chi connectivity index (χ0v) is 9.07. The predicted molar refractivity (Wildman–Crippen MR) is 54.4 cm³/mol. The number of unbranched alkanes of at least 4 members (excludes halogenated alkanes) is 1. The zero-order chi connectivity index (χ0) is 9.84. The van der Waals surface area contributed by atoms with E-state index in [9.17, 15) is 9.50 Å². The van der Waals surface area contributed by atoms with Gasteiger partial charge in [0.15, 0.2) is 0 Å². The molecule has 0 saturated carbocycles. The maximum absolute atomic E-state index is 13.2. The molecule has 0 aromatic heterocycles. The van der Waals surface area contributed by atoms with Crippen LogP contribution in [-0.4, -0.2) is 5.11 Å². The number of benzene rings is 1. The molecule has 13 heavy (non-hydrogen) atoms. The molecule has 72 valence electrons. The van der Waals surface area contributed by atoms with Crippen LogP contribution in [0.2, 0.25) is 0 Å². The van der Waals surface area contributed by atoms with Crippen molar-refractivity contribution in [3.8, 4) is 5.75 Å². The molecule has 1 rings (SSSR count). The Balaban J connectivity index is 2.96. The van der Waals surface area contributed by atoms with Crippen molar-refractivity contribution >= 4 is 15.9 Å². The highest BCUT2D eigenvalue weighted by Crippen LogP contribution is 2.30. The second kappa shape index (κ2) is 4.61. The lowest BCUT2D eigenvalue weighted by Gasteiger charge is -2.06. The Morgan fingerprint density at radius 3 is 2.77 bits per heavy atom. The van der Waals surface area contributed by atoms with Gasteiger partial charge in [-0.25, -0.2) is 4.39 Å². The van der Waals surface area contributed by atoms with E-state index in [1.165, 1.54) is 12.1 Å². The molecule has 0 aliphatic rings. The largest absolute Gasteiger partial charge is 0.507 e. The van der Waals surface area contributed by atoms with E-state index in [1.54, 1.807) is 0 Å². The number of halogens is 2. The first-order chi connectivity index (χ1) is 6.16. The first-order valence-electron chi connectivity index (χ1n) is 4.32. The number of aromatic hydroxyl groups is 1. The molecular weight excluding hydrogens is 235 g/mol. The van der Waals surface area contributed by atoms with Crippen molar-refractivity contribution in [1.82, 2.24) is 0 Å². The van der Waals surface area contributed by atoms with Crippen molar-refractivity contribution in [2.45, 2.75) is 26.2 Å². The van der Waals surface area contributed by atoms with Crippen LogP contribution in [0.3, 0.4) is 0 Å². The molecule has 0 atom stereocenters. The normalized spacial score (nSPS) is 10.4. The summed E-state index contributed by atoms with van der Waals surface area (Å²) in [5.74, 6) is -0.148. The van der Waals surface area contributed by atoms with E-state index in [1.807, 2.05) is 0 Å². The molecule has 0 unspecified atom stereocenters. The van der Waals surface area contributed by atoms with Crippen LogP contribution in [-0.2, 0) is 6.42 Å². The van der Waals surface area contributed by atoms with Gasteiger partial charge in [0.05, 0.1) is 4.47 Å². The Morgan fingerprint density at radius 2 is 2.15 bits per heavy atom. The maximum atomic E-state index is 13.2. The number of phenols is 1. The average Bonchev–Trinajstić information content (AvgIpc) is 2.12. The Bertz CT molecular complexity index is 299. The van der Waals surface area contributed by atoms with Crippen molar-refractivity contribution in [2.75, 3.05) is 0 Å². The van der Waals surface area contributed by atoms with E-state index in [-0.39, 0.29) is 11.6 Å². The van der Waals surface area contributed by atoms with Crippen LogP contribution < -0.4 is 0 Å². The van der Waals surface area contributed by atoms with Crippen LogP contribution >= 0.6 is 15.9 Å². The molecule has 3 heteroatoms. The van der Waals surface area contributed by atoms with Crippen molar-refractivity contribution in [3.05, 3.63) is 28.0 Å². The third-order valence-electron chi connectivity index (χ3n) is 1.95. The van der Waals surface area contributed by atoms with E-state index in [4.69, 9.17) is 0 Å². The van der Waals surface area contributed by atoms with Gasteiger partial charge >= 0.3 is 0 Å². The molecule has 0 saturated heterocycles. The summed E-state index contributed by atoms with van der Waals surface area (Å²) in [6, 6.07) is 2.65.